The van der Waals surface area contributed by atoms with Crippen LogP contribution in [-0.4, -0.2) is 18.5 Å². The lowest BCUT2D eigenvalue weighted by Gasteiger charge is -2.21. The van der Waals surface area contributed by atoms with Crippen molar-refractivity contribution < 1.29 is 4.79 Å². The lowest BCUT2D eigenvalue weighted by atomic mass is 10.0. The van der Waals surface area contributed by atoms with Crippen molar-refractivity contribution in [3.8, 4) is 0 Å². The number of amides is 1. The lowest BCUT2D eigenvalue weighted by Crippen LogP contribution is -2.44. The van der Waals surface area contributed by atoms with E-state index in [2.05, 4.69) is 31.3 Å². The Balaban J connectivity index is 2.30. The van der Waals surface area contributed by atoms with E-state index in [9.17, 15) is 4.79 Å². The maximum atomic E-state index is 11.7. The molecule has 15 heavy (non-hydrogen) atoms. The summed E-state index contributed by atoms with van der Waals surface area (Å²) in [6.45, 7) is 4.67. The summed E-state index contributed by atoms with van der Waals surface area (Å²) in [7, 11) is 0. The molecule has 1 amide bonds. The van der Waals surface area contributed by atoms with Gasteiger partial charge < -0.3 is 11.1 Å². The smallest absolute Gasteiger partial charge is 0.220 e. The van der Waals surface area contributed by atoms with Gasteiger partial charge in [-0.15, -0.1) is 0 Å². The van der Waals surface area contributed by atoms with Gasteiger partial charge in [0.2, 0.25) is 5.91 Å². The quantitative estimate of drug-likeness (QED) is 0.675. The van der Waals surface area contributed by atoms with Gasteiger partial charge >= 0.3 is 0 Å². The van der Waals surface area contributed by atoms with Crippen molar-refractivity contribution in [2.75, 3.05) is 6.54 Å². The fourth-order valence-corrected chi connectivity index (χ4v) is 1.87. The maximum absolute atomic E-state index is 11.7. The van der Waals surface area contributed by atoms with E-state index in [1.807, 2.05) is 0 Å². The molecule has 0 radical (unpaired) electrons. The first kappa shape index (κ1) is 12.2. The molecule has 0 bridgehead atoms. The van der Waals surface area contributed by atoms with E-state index in [0.29, 0.717) is 24.8 Å². The molecule has 0 aromatic heterocycles. The van der Waals surface area contributed by atoms with Crippen molar-refractivity contribution in [2.45, 2.75) is 39.2 Å². The second-order valence-electron chi connectivity index (χ2n) is 4.62. The van der Waals surface area contributed by atoms with Crippen LogP contribution in [0.2, 0.25) is 0 Å². The highest BCUT2D eigenvalue weighted by molar-refractivity contribution is 5.76. The molecule has 0 fully saturated rings. The highest BCUT2D eigenvalue weighted by Crippen LogP contribution is 2.20. The number of hydrogen-bond donors (Lipinski definition) is 2. The standard InChI is InChI=1S/C12H22N2O/c1-9(2)11(8-13)14-12(15)7-10-5-3-4-6-10/h3,5,9-11H,4,6-8,13H2,1-2H3,(H,14,15). The van der Waals surface area contributed by atoms with Crippen LogP contribution in [0.4, 0.5) is 0 Å². The Morgan fingerprint density at radius 3 is 2.80 bits per heavy atom. The van der Waals surface area contributed by atoms with Gasteiger partial charge in [-0.2, -0.15) is 0 Å². The van der Waals surface area contributed by atoms with Crippen LogP contribution in [0.3, 0.4) is 0 Å². The highest BCUT2D eigenvalue weighted by atomic mass is 16.1. The van der Waals surface area contributed by atoms with Crippen LogP contribution in [0, 0.1) is 11.8 Å². The third-order valence-corrected chi connectivity index (χ3v) is 2.97. The first-order valence-electron chi connectivity index (χ1n) is 5.79. The Morgan fingerprint density at radius 1 is 1.60 bits per heavy atom. The second-order valence-corrected chi connectivity index (χ2v) is 4.62. The zero-order chi connectivity index (χ0) is 11.3. The van der Waals surface area contributed by atoms with Crippen molar-refractivity contribution in [1.82, 2.24) is 5.32 Å². The zero-order valence-electron chi connectivity index (χ0n) is 9.70. The molecule has 3 N–H and O–H groups in total. The predicted octanol–water partition coefficient (Wildman–Crippen LogP) is 1.44. The van der Waals surface area contributed by atoms with Crippen LogP contribution in [0.1, 0.15) is 33.1 Å². The SMILES string of the molecule is CC(C)C(CN)NC(=O)CC1C=CCC1. The van der Waals surface area contributed by atoms with E-state index in [1.54, 1.807) is 0 Å². The van der Waals surface area contributed by atoms with Crippen LogP contribution in [0.15, 0.2) is 12.2 Å². The summed E-state index contributed by atoms with van der Waals surface area (Å²) in [5, 5.41) is 3.00. The molecule has 3 nitrogen and oxygen atoms in total. The Morgan fingerprint density at radius 2 is 2.33 bits per heavy atom. The molecule has 2 unspecified atom stereocenters. The molecule has 0 aliphatic heterocycles. The molecular weight excluding hydrogens is 188 g/mol. The summed E-state index contributed by atoms with van der Waals surface area (Å²) in [6.07, 6.45) is 7.14. The first-order chi connectivity index (χ1) is 7.13. The molecule has 3 heteroatoms. The predicted molar refractivity (Wildman–Crippen MR) is 62.3 cm³/mol. The molecule has 0 saturated heterocycles. The second kappa shape index (κ2) is 5.91. The molecule has 0 aromatic rings. The van der Waals surface area contributed by atoms with E-state index in [-0.39, 0.29) is 11.9 Å². The van der Waals surface area contributed by atoms with Crippen molar-refractivity contribution in [3.63, 3.8) is 0 Å². The molecule has 1 aliphatic carbocycles. The topological polar surface area (TPSA) is 55.1 Å². The Hall–Kier alpha value is -0.830. The van der Waals surface area contributed by atoms with Gasteiger partial charge in [0.25, 0.3) is 0 Å². The third-order valence-electron chi connectivity index (χ3n) is 2.97. The number of hydrogen-bond acceptors (Lipinski definition) is 2. The maximum Gasteiger partial charge on any atom is 0.220 e. The minimum Gasteiger partial charge on any atom is -0.352 e. The molecule has 86 valence electrons. The number of carbonyl (C=O) groups is 1. The highest BCUT2D eigenvalue weighted by Gasteiger charge is 2.18. The fraction of sp³-hybridized carbons (Fsp3) is 0.750. The summed E-state index contributed by atoms with van der Waals surface area (Å²) in [6, 6.07) is 0.114. The summed E-state index contributed by atoms with van der Waals surface area (Å²) in [4.78, 5) is 11.7. The molecule has 0 aromatic carbocycles. The normalized spacial score (nSPS) is 22.0. The summed E-state index contributed by atoms with van der Waals surface area (Å²) < 4.78 is 0. The molecule has 0 saturated carbocycles. The number of carbonyl (C=O) groups excluding carboxylic acids is 1. The first-order valence-corrected chi connectivity index (χ1v) is 5.79. The molecule has 0 spiro atoms. The number of nitrogens with one attached hydrogen (secondary N) is 1. The van der Waals surface area contributed by atoms with Gasteiger partial charge in [-0.25, -0.2) is 0 Å². The van der Waals surface area contributed by atoms with Crippen molar-refractivity contribution in [3.05, 3.63) is 12.2 Å². The van der Waals surface area contributed by atoms with Gasteiger partial charge in [0.05, 0.1) is 0 Å². The van der Waals surface area contributed by atoms with E-state index in [0.717, 1.165) is 12.8 Å². The van der Waals surface area contributed by atoms with E-state index in [4.69, 9.17) is 5.73 Å². The molecule has 2 atom stereocenters. The van der Waals surface area contributed by atoms with Crippen LogP contribution >= 0.6 is 0 Å². The zero-order valence-corrected chi connectivity index (χ0v) is 9.70. The third kappa shape index (κ3) is 4.04. The van der Waals surface area contributed by atoms with Crippen LogP contribution < -0.4 is 11.1 Å². The molecule has 0 heterocycles. The van der Waals surface area contributed by atoms with Crippen LogP contribution in [0.5, 0.6) is 0 Å². The molecule has 1 aliphatic rings. The molecule has 1 rings (SSSR count). The minimum atomic E-state index is 0.114. The number of nitrogens with two attached hydrogens (primary N) is 1. The Kier molecular flexibility index (Phi) is 4.82. The van der Waals surface area contributed by atoms with Gasteiger partial charge in [-0.1, -0.05) is 26.0 Å². The van der Waals surface area contributed by atoms with Crippen LogP contribution in [-0.2, 0) is 4.79 Å². The summed E-state index contributed by atoms with van der Waals surface area (Å²) in [5.74, 6) is 0.976. The Bertz CT molecular complexity index is 236. The van der Waals surface area contributed by atoms with Gasteiger partial charge in [0, 0.05) is 19.0 Å². The van der Waals surface area contributed by atoms with Crippen molar-refractivity contribution >= 4 is 5.91 Å². The van der Waals surface area contributed by atoms with Gasteiger partial charge in [-0.3, -0.25) is 4.79 Å². The van der Waals surface area contributed by atoms with E-state index in [1.165, 1.54) is 0 Å². The van der Waals surface area contributed by atoms with Crippen molar-refractivity contribution in [2.24, 2.45) is 17.6 Å². The van der Waals surface area contributed by atoms with Crippen LogP contribution in [0.25, 0.3) is 0 Å². The summed E-state index contributed by atoms with van der Waals surface area (Å²) >= 11 is 0. The van der Waals surface area contributed by atoms with E-state index >= 15 is 0 Å². The largest absolute Gasteiger partial charge is 0.352 e. The average Bonchev–Trinajstić information content (AvgIpc) is 2.66. The summed E-state index contributed by atoms with van der Waals surface area (Å²) in [5.41, 5.74) is 5.60. The van der Waals surface area contributed by atoms with Gasteiger partial charge in [-0.05, 0) is 24.7 Å². The molecular formula is C12H22N2O. The Labute approximate surface area is 92.1 Å². The van der Waals surface area contributed by atoms with Gasteiger partial charge in [0.15, 0.2) is 0 Å². The fourth-order valence-electron chi connectivity index (χ4n) is 1.87. The minimum absolute atomic E-state index is 0.114. The van der Waals surface area contributed by atoms with Crippen molar-refractivity contribution in [1.29, 1.82) is 0 Å². The number of allylic oxidation sites excluding steroid dienone is 2. The lowest BCUT2D eigenvalue weighted by molar-refractivity contribution is -0.122. The van der Waals surface area contributed by atoms with Gasteiger partial charge in [0.1, 0.15) is 0 Å². The number of rotatable bonds is 5. The van der Waals surface area contributed by atoms with E-state index < -0.39 is 0 Å². The monoisotopic (exact) mass is 210 g/mol. The average molecular weight is 210 g/mol.